The van der Waals surface area contributed by atoms with Crippen molar-refractivity contribution in [3.8, 4) is 0 Å². The van der Waals surface area contributed by atoms with E-state index in [1.807, 2.05) is 13.8 Å². The molecule has 0 unspecified atom stereocenters. The van der Waals surface area contributed by atoms with Crippen LogP contribution >= 0.6 is 0 Å². The smallest absolute Gasteiger partial charge is 0.628 e. The third kappa shape index (κ3) is 5.75. The Morgan fingerprint density at radius 1 is 1.28 bits per heavy atom. The Bertz CT molecular complexity index is 270. The van der Waals surface area contributed by atoms with Gasteiger partial charge in [0, 0.05) is 19.3 Å². The van der Waals surface area contributed by atoms with Crippen LogP contribution in [-0.2, 0) is 9.47 Å². The second-order valence-electron chi connectivity index (χ2n) is 4.15. The molecule has 0 bridgehead atoms. The molecule has 0 rings (SSSR count). The van der Waals surface area contributed by atoms with Crippen LogP contribution in [0.15, 0.2) is 0 Å². The molecule has 0 aromatic heterocycles. The van der Waals surface area contributed by atoms with E-state index in [1.54, 1.807) is 0 Å². The Labute approximate surface area is 107 Å². The summed E-state index contributed by atoms with van der Waals surface area (Å²) in [4.78, 5) is 10.3. The Kier molecular flexibility index (Phi) is 7.91. The van der Waals surface area contributed by atoms with Crippen LogP contribution in [-0.4, -0.2) is 23.0 Å². The van der Waals surface area contributed by atoms with E-state index in [2.05, 4.69) is 16.2 Å². The van der Waals surface area contributed by atoms with Crippen molar-refractivity contribution in [1.82, 2.24) is 0 Å². The van der Waals surface area contributed by atoms with Gasteiger partial charge in [-0.05, 0) is 6.42 Å². The van der Waals surface area contributed by atoms with Crippen molar-refractivity contribution in [3.05, 3.63) is 0 Å². The molecule has 106 valence electrons. The van der Waals surface area contributed by atoms with Crippen molar-refractivity contribution in [2.24, 2.45) is 0 Å². The molecule has 0 aliphatic heterocycles. The summed E-state index contributed by atoms with van der Waals surface area (Å²) >= 11 is 0. The van der Waals surface area contributed by atoms with Crippen molar-refractivity contribution >= 4 is 12.3 Å². The van der Waals surface area contributed by atoms with Crippen LogP contribution < -0.4 is 5.26 Å². The molecule has 1 N–H and O–H groups in total. The molecule has 0 saturated heterocycles. The van der Waals surface area contributed by atoms with Gasteiger partial charge in [-0.25, -0.2) is 4.74 Å². The number of hydrogen-bond donors (Lipinski definition) is 1. The molecule has 6 heteroatoms. The van der Waals surface area contributed by atoms with Gasteiger partial charge in [-0.3, -0.25) is 4.58 Å². The molecule has 0 saturated carbocycles. The number of hydrogen-bond acceptors (Lipinski definition) is 4. The van der Waals surface area contributed by atoms with Crippen molar-refractivity contribution in [3.63, 3.8) is 0 Å². The van der Waals surface area contributed by atoms with Gasteiger partial charge in [0.05, 0.1) is 0 Å². The van der Waals surface area contributed by atoms with Crippen molar-refractivity contribution in [2.75, 3.05) is 0 Å². The zero-order valence-electron chi connectivity index (χ0n) is 11.2. The highest BCUT2D eigenvalue weighted by molar-refractivity contribution is 5.76. The minimum atomic E-state index is -1.63. The third-order valence-corrected chi connectivity index (χ3v) is 3.06. The van der Waals surface area contributed by atoms with E-state index in [0.29, 0.717) is 12.8 Å². The van der Waals surface area contributed by atoms with Gasteiger partial charge in [-0.2, -0.15) is 4.79 Å². The molecule has 0 radical (unpaired) electrons. The number of carbonyl (C=O) groups excluding carboxylic acids is 1. The monoisotopic (exact) mass is 262 g/mol. The highest BCUT2D eigenvalue weighted by atomic mass is 17.1. The molecule has 0 aromatic rings. The quantitative estimate of drug-likeness (QED) is 0.190. The summed E-state index contributed by atoms with van der Waals surface area (Å²) < 4.78 is 13.0. The van der Waals surface area contributed by atoms with E-state index in [1.165, 1.54) is 0 Å². The van der Waals surface area contributed by atoms with Gasteiger partial charge in [0.15, 0.2) is 5.60 Å². The molecule has 0 heterocycles. The Hall–Kier alpha value is -1.46. The van der Waals surface area contributed by atoms with E-state index >= 15 is 0 Å². The predicted octanol–water partition coefficient (Wildman–Crippen LogP) is 2.77. The maximum absolute atomic E-state index is 10.4. The standard InChI is InChI=1S/C12H22O6/c1-4-7-8-9-12(5-2,6-3)17-11(18-15)16-10(13)14/h4-9H2,1-3H3,(H,13,14). The van der Waals surface area contributed by atoms with Gasteiger partial charge in [0.1, 0.15) is 0 Å². The summed E-state index contributed by atoms with van der Waals surface area (Å²) in [5.74, 6) is 0. The van der Waals surface area contributed by atoms with Crippen molar-refractivity contribution < 1.29 is 29.2 Å². The summed E-state index contributed by atoms with van der Waals surface area (Å²) in [5.41, 5.74) is -0.607. The van der Waals surface area contributed by atoms with Gasteiger partial charge >= 0.3 is 12.3 Å². The van der Waals surface area contributed by atoms with Crippen LogP contribution in [0.4, 0.5) is 9.37 Å². The molecule has 0 fully saturated rings. The Morgan fingerprint density at radius 3 is 2.28 bits per heavy atom. The normalized spacial score (nSPS) is 12.3. The van der Waals surface area contributed by atoms with Crippen molar-refractivity contribution in [1.29, 1.82) is 0 Å². The summed E-state index contributed by atoms with van der Waals surface area (Å²) in [5, 5.41) is 18.8. The fourth-order valence-corrected chi connectivity index (χ4v) is 1.80. The lowest BCUT2D eigenvalue weighted by molar-refractivity contribution is -0.869. The molecule has 0 spiro atoms. The molecule has 0 amide bonds. The lowest BCUT2D eigenvalue weighted by Gasteiger charge is -2.25. The van der Waals surface area contributed by atoms with Gasteiger partial charge in [0.2, 0.25) is 0 Å². The van der Waals surface area contributed by atoms with Gasteiger partial charge in [0.25, 0.3) is 0 Å². The number of carbonyl (C=O) groups is 1. The zero-order valence-corrected chi connectivity index (χ0v) is 11.2. The first-order valence-electron chi connectivity index (χ1n) is 6.30. The van der Waals surface area contributed by atoms with Crippen LogP contribution in [0.3, 0.4) is 0 Å². The summed E-state index contributed by atoms with van der Waals surface area (Å²) in [6.07, 6.45) is 2.60. The third-order valence-electron chi connectivity index (χ3n) is 3.06. The highest BCUT2D eigenvalue weighted by Crippen LogP contribution is 2.28. The van der Waals surface area contributed by atoms with Crippen LogP contribution in [0, 0.1) is 0 Å². The fraction of sp³-hybridized carbons (Fsp3) is 0.833. The molecule has 0 aliphatic rings. The molecular formula is C12H22O6. The molecule has 18 heavy (non-hydrogen) atoms. The van der Waals surface area contributed by atoms with E-state index < -0.39 is 17.9 Å². The predicted molar refractivity (Wildman–Crippen MR) is 63.0 cm³/mol. The molecule has 6 nitrogen and oxygen atoms in total. The van der Waals surface area contributed by atoms with E-state index in [0.717, 1.165) is 25.7 Å². The van der Waals surface area contributed by atoms with E-state index in [4.69, 9.17) is 9.84 Å². The molecule has 0 aromatic carbocycles. The maximum Gasteiger partial charge on any atom is 0.735 e. The van der Waals surface area contributed by atoms with Crippen LogP contribution in [0.2, 0.25) is 0 Å². The van der Waals surface area contributed by atoms with Gasteiger partial charge in [-0.15, -0.1) is 0 Å². The molecule has 0 atom stereocenters. The lowest BCUT2D eigenvalue weighted by atomic mass is 9.90. The van der Waals surface area contributed by atoms with Crippen LogP contribution in [0.1, 0.15) is 59.3 Å². The molecule has 0 aliphatic carbocycles. The van der Waals surface area contributed by atoms with Crippen LogP contribution in [0.5, 0.6) is 0 Å². The summed E-state index contributed by atoms with van der Waals surface area (Å²) in [6, 6.07) is 0. The average Bonchev–Trinajstić information content (AvgIpc) is 2.36. The minimum Gasteiger partial charge on any atom is -0.628 e. The topological polar surface area (TPSA) is 90.1 Å². The van der Waals surface area contributed by atoms with Crippen molar-refractivity contribution in [2.45, 2.75) is 64.9 Å². The Balaban J connectivity index is 4.61. The van der Waals surface area contributed by atoms with Crippen LogP contribution in [0.25, 0.3) is 0 Å². The van der Waals surface area contributed by atoms with E-state index in [9.17, 15) is 10.1 Å². The first kappa shape index (κ1) is 16.5. The fourth-order valence-electron chi connectivity index (χ4n) is 1.80. The summed E-state index contributed by atoms with van der Waals surface area (Å²) in [7, 11) is 0. The summed E-state index contributed by atoms with van der Waals surface area (Å²) in [6.45, 7) is 5.92. The number of carboxylic acid groups (broad SMARTS) is 1. The number of ether oxygens (including phenoxy) is 2. The highest BCUT2D eigenvalue weighted by Gasteiger charge is 2.39. The molecular weight excluding hydrogens is 240 g/mol. The minimum absolute atomic E-state index is 0.607. The first-order valence-corrected chi connectivity index (χ1v) is 6.30. The second kappa shape index (κ2) is 8.60. The van der Waals surface area contributed by atoms with Gasteiger partial charge in [-0.1, -0.05) is 33.6 Å². The Morgan fingerprint density at radius 2 is 1.89 bits per heavy atom. The maximum atomic E-state index is 10.4. The zero-order chi connectivity index (χ0) is 14.0. The number of unbranched alkanes of at least 4 members (excludes halogenated alkanes) is 2. The lowest BCUT2D eigenvalue weighted by Crippen LogP contribution is -2.35. The van der Waals surface area contributed by atoms with E-state index in [-0.39, 0.29) is 0 Å². The van der Waals surface area contributed by atoms with Gasteiger partial charge < -0.3 is 15.1 Å². The average molecular weight is 262 g/mol. The number of rotatable bonds is 7. The second-order valence-corrected chi connectivity index (χ2v) is 4.15. The SMILES string of the molecule is CCCCCC(CC)(CC)OC(OC(=O)O)=[O+][O-]. The largest absolute Gasteiger partial charge is 0.735 e. The first-order chi connectivity index (χ1) is 8.53.